The number of carbonyl (C=O) groups excluding carboxylic acids is 2. The Hall–Kier alpha value is -3.35. The van der Waals surface area contributed by atoms with E-state index in [4.69, 9.17) is 4.42 Å². The average Bonchev–Trinajstić information content (AvgIpc) is 3.13. The second-order valence-corrected chi connectivity index (χ2v) is 7.84. The summed E-state index contributed by atoms with van der Waals surface area (Å²) in [5.74, 6) is -0.298. The number of benzene rings is 2. The van der Waals surface area contributed by atoms with Crippen LogP contribution in [0.1, 0.15) is 24.8 Å². The van der Waals surface area contributed by atoms with Crippen molar-refractivity contribution >= 4 is 22.9 Å². The molecule has 0 aliphatic carbocycles. The number of oxazole rings is 1. The van der Waals surface area contributed by atoms with Crippen LogP contribution in [0.15, 0.2) is 63.8 Å². The molecule has 0 atom stereocenters. The summed E-state index contributed by atoms with van der Waals surface area (Å²) in [6.45, 7) is 2.47. The molecule has 0 bridgehead atoms. The summed E-state index contributed by atoms with van der Waals surface area (Å²) in [5.41, 5.74) is 2.47. The maximum absolute atomic E-state index is 12.6. The Morgan fingerprint density at radius 2 is 1.42 bits per heavy atom. The van der Waals surface area contributed by atoms with Crippen molar-refractivity contribution in [1.82, 2.24) is 14.4 Å². The molecule has 1 aliphatic heterocycles. The molecule has 0 radical (unpaired) electrons. The minimum atomic E-state index is -0.445. The number of hydrogen-bond donors (Lipinski definition) is 0. The quantitative estimate of drug-likeness (QED) is 0.588. The molecule has 1 fully saturated rings. The van der Waals surface area contributed by atoms with E-state index in [0.717, 1.165) is 12.8 Å². The number of aromatic nitrogens is 1. The lowest BCUT2D eigenvalue weighted by Gasteiger charge is -2.35. The van der Waals surface area contributed by atoms with Gasteiger partial charge in [0, 0.05) is 45.6 Å². The van der Waals surface area contributed by atoms with E-state index >= 15 is 0 Å². The number of amides is 2. The fourth-order valence-corrected chi connectivity index (χ4v) is 4.04. The lowest BCUT2D eigenvalue weighted by atomic mass is 10.1. The Labute approximate surface area is 180 Å². The predicted molar refractivity (Wildman–Crippen MR) is 118 cm³/mol. The van der Waals surface area contributed by atoms with Crippen molar-refractivity contribution in [3.8, 4) is 0 Å². The third-order valence-electron chi connectivity index (χ3n) is 5.81. The first-order valence-corrected chi connectivity index (χ1v) is 10.8. The molecule has 1 saturated heterocycles. The van der Waals surface area contributed by atoms with Gasteiger partial charge < -0.3 is 14.2 Å². The Morgan fingerprint density at radius 1 is 0.806 bits per heavy atom. The molecular formula is C24H27N3O4. The summed E-state index contributed by atoms with van der Waals surface area (Å²) < 4.78 is 6.72. The summed E-state index contributed by atoms with van der Waals surface area (Å²) in [6, 6.07) is 17.4. The highest BCUT2D eigenvalue weighted by Gasteiger charge is 2.24. The SMILES string of the molecule is O=C(CCCc1ccccc1)N1CCN(C(=O)CCn2c(=O)oc3ccccc32)CC1. The van der Waals surface area contributed by atoms with Gasteiger partial charge in [0.15, 0.2) is 5.58 Å². The summed E-state index contributed by atoms with van der Waals surface area (Å²) in [7, 11) is 0. The molecule has 1 aliphatic rings. The molecule has 0 saturated carbocycles. The smallest absolute Gasteiger partial charge is 0.408 e. The second-order valence-electron chi connectivity index (χ2n) is 7.84. The zero-order chi connectivity index (χ0) is 21.6. The molecule has 31 heavy (non-hydrogen) atoms. The fourth-order valence-electron chi connectivity index (χ4n) is 4.04. The Morgan fingerprint density at radius 3 is 2.13 bits per heavy atom. The molecule has 0 spiro atoms. The molecular weight excluding hydrogens is 394 g/mol. The van der Waals surface area contributed by atoms with E-state index in [-0.39, 0.29) is 24.8 Å². The monoisotopic (exact) mass is 421 g/mol. The van der Waals surface area contributed by atoms with Crippen molar-refractivity contribution in [3.05, 3.63) is 70.7 Å². The van der Waals surface area contributed by atoms with Gasteiger partial charge in [-0.05, 0) is 30.5 Å². The number of para-hydroxylation sites is 2. The molecule has 0 unspecified atom stereocenters. The third-order valence-corrected chi connectivity index (χ3v) is 5.81. The number of aryl methyl sites for hydroxylation is 2. The zero-order valence-corrected chi connectivity index (χ0v) is 17.5. The highest BCUT2D eigenvalue weighted by atomic mass is 16.4. The lowest BCUT2D eigenvalue weighted by Crippen LogP contribution is -2.50. The normalized spacial score (nSPS) is 14.2. The highest BCUT2D eigenvalue weighted by Crippen LogP contribution is 2.13. The fraction of sp³-hybridized carbons (Fsp3) is 0.375. The number of hydrogen-bond acceptors (Lipinski definition) is 4. The van der Waals surface area contributed by atoms with E-state index in [1.807, 2.05) is 41.3 Å². The van der Waals surface area contributed by atoms with Crippen LogP contribution in [-0.4, -0.2) is 52.4 Å². The van der Waals surface area contributed by atoms with Crippen LogP contribution < -0.4 is 5.76 Å². The van der Waals surface area contributed by atoms with Gasteiger partial charge in [0.25, 0.3) is 0 Å². The van der Waals surface area contributed by atoms with E-state index < -0.39 is 5.76 Å². The first-order valence-electron chi connectivity index (χ1n) is 10.8. The van der Waals surface area contributed by atoms with Crippen molar-refractivity contribution in [2.75, 3.05) is 26.2 Å². The van der Waals surface area contributed by atoms with Crippen LogP contribution in [0.5, 0.6) is 0 Å². The number of nitrogens with zero attached hydrogens (tertiary/aromatic N) is 3. The first kappa shape index (κ1) is 20.9. The lowest BCUT2D eigenvalue weighted by molar-refractivity contribution is -0.139. The van der Waals surface area contributed by atoms with Gasteiger partial charge in [0.1, 0.15) is 0 Å². The van der Waals surface area contributed by atoms with E-state index in [1.165, 1.54) is 10.1 Å². The van der Waals surface area contributed by atoms with Gasteiger partial charge in [-0.1, -0.05) is 42.5 Å². The topological polar surface area (TPSA) is 75.8 Å². The van der Waals surface area contributed by atoms with Gasteiger partial charge in [0.05, 0.1) is 5.52 Å². The van der Waals surface area contributed by atoms with Crippen molar-refractivity contribution in [1.29, 1.82) is 0 Å². The summed E-state index contributed by atoms with van der Waals surface area (Å²) in [4.78, 5) is 40.8. The van der Waals surface area contributed by atoms with Crippen molar-refractivity contribution in [2.24, 2.45) is 0 Å². The first-order chi connectivity index (χ1) is 15.1. The molecule has 2 aromatic carbocycles. The molecule has 7 heteroatoms. The van der Waals surface area contributed by atoms with E-state index in [9.17, 15) is 14.4 Å². The van der Waals surface area contributed by atoms with E-state index in [1.54, 1.807) is 11.0 Å². The van der Waals surface area contributed by atoms with Crippen molar-refractivity contribution in [2.45, 2.75) is 32.2 Å². The molecule has 1 aromatic heterocycles. The van der Waals surface area contributed by atoms with Crippen LogP contribution in [0.2, 0.25) is 0 Å². The standard InChI is InChI=1S/C24H27N3O4/c28-22(12-6-9-19-7-2-1-3-8-19)25-15-17-26(18-16-25)23(29)13-14-27-20-10-4-5-11-21(20)31-24(27)30/h1-5,7-8,10-11H,6,9,12-18H2. The summed E-state index contributed by atoms with van der Waals surface area (Å²) in [5, 5.41) is 0. The molecule has 0 N–H and O–H groups in total. The van der Waals surface area contributed by atoms with Gasteiger partial charge in [0.2, 0.25) is 11.8 Å². The second kappa shape index (κ2) is 9.64. The van der Waals surface area contributed by atoms with Gasteiger partial charge in [-0.2, -0.15) is 0 Å². The van der Waals surface area contributed by atoms with Gasteiger partial charge in [-0.3, -0.25) is 14.2 Å². The highest BCUT2D eigenvalue weighted by molar-refractivity contribution is 5.79. The molecule has 7 nitrogen and oxygen atoms in total. The predicted octanol–water partition coefficient (Wildman–Crippen LogP) is 2.68. The molecule has 2 amide bonds. The summed E-state index contributed by atoms with van der Waals surface area (Å²) in [6.07, 6.45) is 2.48. The van der Waals surface area contributed by atoms with Crippen molar-refractivity contribution in [3.63, 3.8) is 0 Å². The maximum atomic E-state index is 12.6. The molecule has 162 valence electrons. The molecule has 4 rings (SSSR count). The Bertz CT molecular complexity index is 1090. The van der Waals surface area contributed by atoms with Crippen LogP contribution >= 0.6 is 0 Å². The largest absolute Gasteiger partial charge is 0.419 e. The van der Waals surface area contributed by atoms with Gasteiger partial charge in [-0.25, -0.2) is 4.79 Å². The summed E-state index contributed by atoms with van der Waals surface area (Å²) >= 11 is 0. The maximum Gasteiger partial charge on any atom is 0.419 e. The number of fused-ring (bicyclic) bond motifs is 1. The minimum Gasteiger partial charge on any atom is -0.408 e. The Kier molecular flexibility index (Phi) is 6.50. The minimum absolute atomic E-state index is 0.00615. The van der Waals surface area contributed by atoms with Crippen LogP contribution in [0.4, 0.5) is 0 Å². The number of piperazine rings is 1. The van der Waals surface area contributed by atoms with Crippen LogP contribution in [0.25, 0.3) is 11.1 Å². The number of carbonyl (C=O) groups is 2. The van der Waals surface area contributed by atoms with E-state index in [2.05, 4.69) is 12.1 Å². The molecule has 3 aromatic rings. The average molecular weight is 421 g/mol. The van der Waals surface area contributed by atoms with Crippen molar-refractivity contribution < 1.29 is 14.0 Å². The Balaban J connectivity index is 1.22. The zero-order valence-electron chi connectivity index (χ0n) is 17.5. The third kappa shape index (κ3) is 5.05. The van der Waals surface area contributed by atoms with E-state index in [0.29, 0.717) is 43.7 Å². The number of rotatable bonds is 7. The van der Waals surface area contributed by atoms with Crippen LogP contribution in [0, 0.1) is 0 Å². The van der Waals surface area contributed by atoms with Crippen LogP contribution in [-0.2, 0) is 22.6 Å². The molecule has 2 heterocycles. The van der Waals surface area contributed by atoms with Gasteiger partial charge in [-0.15, -0.1) is 0 Å². The van der Waals surface area contributed by atoms with Gasteiger partial charge >= 0.3 is 5.76 Å². The van der Waals surface area contributed by atoms with Crippen LogP contribution in [0.3, 0.4) is 0 Å².